The summed E-state index contributed by atoms with van der Waals surface area (Å²) in [7, 11) is -3.39. The highest BCUT2D eigenvalue weighted by molar-refractivity contribution is 7.94. The predicted octanol–water partition coefficient (Wildman–Crippen LogP) is 2.44. The van der Waals surface area contributed by atoms with E-state index in [1.54, 1.807) is 4.90 Å². The second-order valence-corrected chi connectivity index (χ2v) is 10.5. The summed E-state index contributed by atoms with van der Waals surface area (Å²) in [4.78, 5) is 15.1. The first-order valence-corrected chi connectivity index (χ1v) is 11.4. The van der Waals surface area contributed by atoms with Crippen molar-refractivity contribution in [3.05, 3.63) is 35.9 Å². The molecule has 1 aromatic rings. The number of carbonyl (C=O) groups is 1. The van der Waals surface area contributed by atoms with Gasteiger partial charge in [0.25, 0.3) is 0 Å². The van der Waals surface area contributed by atoms with E-state index in [9.17, 15) is 13.2 Å². The molecule has 5 nitrogen and oxygen atoms in total. The second kappa shape index (κ2) is 6.97. The molecule has 0 aromatic heterocycles. The van der Waals surface area contributed by atoms with Crippen LogP contribution in [0.15, 0.2) is 30.3 Å². The van der Waals surface area contributed by atoms with Crippen molar-refractivity contribution >= 4 is 15.7 Å². The monoisotopic (exact) mass is 376 g/mol. The Morgan fingerprint density at radius 3 is 2.42 bits per heavy atom. The number of sulfone groups is 1. The zero-order valence-electron chi connectivity index (χ0n) is 15.2. The average Bonchev–Trinajstić information content (AvgIpc) is 3.51. The van der Waals surface area contributed by atoms with Gasteiger partial charge in [-0.3, -0.25) is 4.79 Å². The molecule has 142 valence electrons. The fourth-order valence-electron chi connectivity index (χ4n) is 4.56. The van der Waals surface area contributed by atoms with Gasteiger partial charge >= 0.3 is 0 Å². The van der Waals surface area contributed by atoms with E-state index in [1.165, 1.54) is 0 Å². The predicted molar refractivity (Wildman–Crippen MR) is 102 cm³/mol. The molecule has 1 saturated heterocycles. The normalized spacial score (nSPS) is 26.5. The summed E-state index contributed by atoms with van der Waals surface area (Å²) in [5, 5.41) is 3.14. The molecule has 6 heteroatoms. The average molecular weight is 377 g/mol. The zero-order chi connectivity index (χ0) is 18.2. The van der Waals surface area contributed by atoms with Gasteiger partial charge in [-0.05, 0) is 31.2 Å². The molecule has 3 aliphatic rings. The van der Waals surface area contributed by atoms with E-state index in [-0.39, 0.29) is 17.2 Å². The Hall–Kier alpha value is -1.40. The lowest BCUT2D eigenvalue weighted by atomic mass is 10.0. The molecule has 3 fully saturated rings. The van der Waals surface area contributed by atoms with Crippen molar-refractivity contribution in [2.75, 3.05) is 19.6 Å². The molecule has 26 heavy (non-hydrogen) atoms. The highest BCUT2D eigenvalue weighted by atomic mass is 32.2. The molecule has 0 spiro atoms. The lowest BCUT2D eigenvalue weighted by molar-refractivity contribution is -0.132. The lowest BCUT2D eigenvalue weighted by Gasteiger charge is -2.37. The SMILES string of the molecule is O=C(N1CCNC(c2ccccc2)C1)C1(S(=O)(=O)C2CCCCC2)CC1. The van der Waals surface area contributed by atoms with Gasteiger partial charge in [0.1, 0.15) is 0 Å². The maximum Gasteiger partial charge on any atom is 0.244 e. The van der Waals surface area contributed by atoms with Gasteiger partial charge in [-0.2, -0.15) is 0 Å². The van der Waals surface area contributed by atoms with Crippen LogP contribution in [-0.2, 0) is 14.6 Å². The van der Waals surface area contributed by atoms with E-state index >= 15 is 0 Å². The molecule has 1 aromatic carbocycles. The third-order valence-corrected chi connectivity index (χ3v) is 9.32. The van der Waals surface area contributed by atoms with Crippen molar-refractivity contribution in [2.24, 2.45) is 0 Å². The van der Waals surface area contributed by atoms with Crippen LogP contribution in [0.1, 0.15) is 56.6 Å². The van der Waals surface area contributed by atoms with Crippen molar-refractivity contribution in [1.29, 1.82) is 0 Å². The van der Waals surface area contributed by atoms with E-state index in [2.05, 4.69) is 17.4 Å². The van der Waals surface area contributed by atoms with Crippen LogP contribution in [0.3, 0.4) is 0 Å². The number of amides is 1. The van der Waals surface area contributed by atoms with E-state index in [0.29, 0.717) is 32.5 Å². The van der Waals surface area contributed by atoms with Crippen LogP contribution in [0.5, 0.6) is 0 Å². The van der Waals surface area contributed by atoms with Crippen LogP contribution < -0.4 is 5.32 Å². The number of hydrogen-bond donors (Lipinski definition) is 1. The number of rotatable bonds is 4. The summed E-state index contributed by atoms with van der Waals surface area (Å²) in [5.41, 5.74) is 1.14. The fraction of sp³-hybridized carbons (Fsp3) is 0.650. The minimum Gasteiger partial charge on any atom is -0.338 e. The van der Waals surface area contributed by atoms with Gasteiger partial charge in [-0.15, -0.1) is 0 Å². The molecule has 2 aliphatic carbocycles. The summed E-state index contributed by atoms with van der Waals surface area (Å²) in [6, 6.07) is 10.1. The molecule has 1 atom stereocenters. The van der Waals surface area contributed by atoms with Crippen LogP contribution in [0.2, 0.25) is 0 Å². The molecule has 0 bridgehead atoms. The first-order valence-electron chi connectivity index (χ1n) is 9.86. The summed E-state index contributed by atoms with van der Waals surface area (Å²) in [5.74, 6) is -0.148. The molecular formula is C20H28N2O3S. The maximum atomic E-state index is 13.3. The molecule has 0 radical (unpaired) electrons. The molecule has 2 saturated carbocycles. The standard InChI is InChI=1S/C20H28N2O3S/c23-19(20(11-12-20)26(24,25)17-9-5-2-6-10-17)22-14-13-21-18(15-22)16-7-3-1-4-8-16/h1,3-4,7-8,17-18,21H,2,5-6,9-15H2. The fourth-order valence-corrected chi connectivity index (χ4v) is 7.19. The van der Waals surface area contributed by atoms with Gasteiger partial charge in [0.2, 0.25) is 5.91 Å². The first-order chi connectivity index (χ1) is 12.5. The Kier molecular flexibility index (Phi) is 4.82. The number of piperazine rings is 1. The molecule has 4 rings (SSSR count). The maximum absolute atomic E-state index is 13.3. The van der Waals surface area contributed by atoms with E-state index in [4.69, 9.17) is 0 Å². The van der Waals surface area contributed by atoms with Crippen molar-refractivity contribution < 1.29 is 13.2 Å². The first kappa shape index (κ1) is 18.0. The van der Waals surface area contributed by atoms with Gasteiger partial charge in [0, 0.05) is 25.7 Å². The van der Waals surface area contributed by atoms with Crippen LogP contribution in [0.25, 0.3) is 0 Å². The highest BCUT2D eigenvalue weighted by Crippen LogP contribution is 2.49. The number of nitrogens with zero attached hydrogens (tertiary/aromatic N) is 1. The molecular weight excluding hydrogens is 348 g/mol. The Balaban J connectivity index is 1.51. The Labute approximate surface area is 156 Å². The van der Waals surface area contributed by atoms with Gasteiger partial charge in [-0.1, -0.05) is 49.6 Å². The molecule has 1 unspecified atom stereocenters. The van der Waals surface area contributed by atoms with Gasteiger partial charge in [0.05, 0.1) is 5.25 Å². The second-order valence-electron chi connectivity index (χ2n) is 7.97. The topological polar surface area (TPSA) is 66.5 Å². The van der Waals surface area contributed by atoms with Crippen LogP contribution in [0.4, 0.5) is 0 Å². The number of hydrogen-bond acceptors (Lipinski definition) is 4. The molecule has 1 amide bonds. The quantitative estimate of drug-likeness (QED) is 0.876. The minimum atomic E-state index is -3.39. The van der Waals surface area contributed by atoms with Crippen molar-refractivity contribution in [3.8, 4) is 0 Å². The van der Waals surface area contributed by atoms with Crippen molar-refractivity contribution in [1.82, 2.24) is 10.2 Å². The summed E-state index contributed by atoms with van der Waals surface area (Å²) < 4.78 is 25.4. The van der Waals surface area contributed by atoms with Crippen molar-refractivity contribution in [2.45, 2.75) is 61.0 Å². The molecule has 1 aliphatic heterocycles. The van der Waals surface area contributed by atoms with Crippen molar-refractivity contribution in [3.63, 3.8) is 0 Å². The molecule has 1 heterocycles. The van der Waals surface area contributed by atoms with E-state index in [1.807, 2.05) is 18.2 Å². The van der Waals surface area contributed by atoms with E-state index in [0.717, 1.165) is 37.7 Å². The Morgan fingerprint density at radius 1 is 1.08 bits per heavy atom. The number of carbonyl (C=O) groups excluding carboxylic acids is 1. The molecule has 1 N–H and O–H groups in total. The number of benzene rings is 1. The highest BCUT2D eigenvalue weighted by Gasteiger charge is 2.63. The third-order valence-electron chi connectivity index (χ3n) is 6.29. The van der Waals surface area contributed by atoms with Crippen LogP contribution in [-0.4, -0.2) is 48.9 Å². The van der Waals surface area contributed by atoms with E-state index < -0.39 is 14.6 Å². The summed E-state index contributed by atoms with van der Waals surface area (Å²) >= 11 is 0. The van der Waals surface area contributed by atoms with Gasteiger partial charge < -0.3 is 10.2 Å². The van der Waals surface area contributed by atoms with Crippen LogP contribution in [0, 0.1) is 0 Å². The van der Waals surface area contributed by atoms with Crippen LogP contribution >= 0.6 is 0 Å². The Morgan fingerprint density at radius 2 is 1.77 bits per heavy atom. The third kappa shape index (κ3) is 3.07. The van der Waals surface area contributed by atoms with Gasteiger partial charge in [-0.25, -0.2) is 8.42 Å². The largest absolute Gasteiger partial charge is 0.338 e. The zero-order valence-corrected chi connectivity index (χ0v) is 16.0. The summed E-state index contributed by atoms with van der Waals surface area (Å²) in [6.07, 6.45) is 5.52. The summed E-state index contributed by atoms with van der Waals surface area (Å²) in [6.45, 7) is 1.83. The lowest BCUT2D eigenvalue weighted by Crippen LogP contribution is -2.54. The Bertz CT molecular complexity index is 753. The minimum absolute atomic E-state index is 0.0714. The van der Waals surface area contributed by atoms with Gasteiger partial charge in [0.15, 0.2) is 14.6 Å². The number of nitrogens with one attached hydrogen (secondary N) is 1. The smallest absolute Gasteiger partial charge is 0.244 e.